The Hall–Kier alpha value is -1.51. The molecule has 0 radical (unpaired) electrons. The van der Waals surface area contributed by atoms with Crippen molar-refractivity contribution in [3.05, 3.63) is 35.9 Å². The average Bonchev–Trinajstić information content (AvgIpc) is 2.42. The fourth-order valence-corrected chi connectivity index (χ4v) is 1.79. The summed E-state index contributed by atoms with van der Waals surface area (Å²) < 4.78 is 0. The quantitative estimate of drug-likeness (QED) is 0.667. The van der Waals surface area contributed by atoms with Gasteiger partial charge in [0.25, 0.3) is 5.91 Å². The maximum absolute atomic E-state index is 11.5. The van der Waals surface area contributed by atoms with Crippen LogP contribution in [0.4, 0.5) is 0 Å². The monoisotopic (exact) mass is 188 g/mol. The minimum atomic E-state index is -0.404. The summed E-state index contributed by atoms with van der Waals surface area (Å²) in [5, 5.41) is 7.62. The van der Waals surface area contributed by atoms with Crippen LogP contribution in [0, 0.1) is 0 Å². The van der Waals surface area contributed by atoms with Crippen molar-refractivity contribution in [1.29, 1.82) is 0 Å². The van der Waals surface area contributed by atoms with Crippen molar-refractivity contribution in [3.8, 4) is 0 Å². The summed E-state index contributed by atoms with van der Waals surface area (Å²) in [5.41, 5.74) is 0.589. The Bertz CT molecular complexity index is 382. The first-order valence-electron chi connectivity index (χ1n) is 4.63. The number of carbonyl (C=O) groups excluding carboxylic acids is 1. The fraction of sp³-hybridized carbons (Fsp3) is 0.364. The van der Waals surface area contributed by atoms with Gasteiger partial charge in [0, 0.05) is 0 Å². The third-order valence-electron chi connectivity index (χ3n) is 2.49. The third kappa shape index (κ3) is 1.35. The molecule has 2 rings (SSSR count). The third-order valence-corrected chi connectivity index (χ3v) is 2.49. The van der Waals surface area contributed by atoms with Crippen LogP contribution in [0.25, 0.3) is 0 Å². The Kier molecular flexibility index (Phi) is 1.95. The Morgan fingerprint density at radius 1 is 1.21 bits per heavy atom. The highest BCUT2D eigenvalue weighted by molar-refractivity contribution is 5.87. The number of benzene rings is 1. The van der Waals surface area contributed by atoms with E-state index in [1.165, 1.54) is 0 Å². The van der Waals surface area contributed by atoms with Gasteiger partial charge in [-0.25, -0.2) is 0 Å². The van der Waals surface area contributed by atoms with Crippen molar-refractivity contribution in [2.45, 2.75) is 25.3 Å². The number of rotatable bonds is 1. The predicted molar refractivity (Wildman–Crippen MR) is 53.1 cm³/mol. The van der Waals surface area contributed by atoms with Crippen molar-refractivity contribution >= 4 is 5.91 Å². The van der Waals surface area contributed by atoms with E-state index in [-0.39, 0.29) is 11.8 Å². The molecule has 0 bridgehead atoms. The summed E-state index contributed by atoms with van der Waals surface area (Å²) in [6, 6.07) is 9.68. The van der Waals surface area contributed by atoms with E-state index in [4.69, 9.17) is 0 Å². The normalized spacial score (nSPS) is 24.1. The molecule has 0 saturated carbocycles. The van der Waals surface area contributed by atoms with Gasteiger partial charge in [0.05, 0.1) is 11.5 Å². The number of hydrogen-bond donors (Lipinski definition) is 0. The van der Waals surface area contributed by atoms with Crippen LogP contribution in [0.3, 0.4) is 0 Å². The summed E-state index contributed by atoms with van der Waals surface area (Å²) >= 11 is 0. The number of hydrogen-bond acceptors (Lipinski definition) is 2. The van der Waals surface area contributed by atoms with Gasteiger partial charge in [-0.2, -0.15) is 5.11 Å². The molecule has 1 aromatic rings. The fourth-order valence-electron chi connectivity index (χ4n) is 1.79. The van der Waals surface area contributed by atoms with Gasteiger partial charge in [-0.3, -0.25) is 4.79 Å². The van der Waals surface area contributed by atoms with Crippen LogP contribution in [0.1, 0.15) is 25.3 Å². The highest BCUT2D eigenvalue weighted by Crippen LogP contribution is 2.37. The summed E-state index contributed by atoms with van der Waals surface area (Å²) in [6.07, 6.45) is 0. The molecular weight excluding hydrogens is 176 g/mol. The molecule has 3 nitrogen and oxygen atoms in total. The van der Waals surface area contributed by atoms with Crippen molar-refractivity contribution in [2.24, 2.45) is 10.2 Å². The van der Waals surface area contributed by atoms with E-state index in [0.717, 1.165) is 5.56 Å². The van der Waals surface area contributed by atoms with Crippen LogP contribution >= 0.6 is 0 Å². The van der Waals surface area contributed by atoms with Gasteiger partial charge < -0.3 is 0 Å². The van der Waals surface area contributed by atoms with E-state index in [1.54, 1.807) is 0 Å². The molecule has 1 unspecified atom stereocenters. The molecule has 0 N–H and O–H groups in total. The first-order chi connectivity index (χ1) is 6.61. The number of carbonyl (C=O) groups is 1. The second-order valence-corrected chi connectivity index (χ2v) is 4.04. The van der Waals surface area contributed by atoms with Crippen LogP contribution in [0.15, 0.2) is 40.6 Å². The summed E-state index contributed by atoms with van der Waals surface area (Å²) in [6.45, 7) is 3.86. The van der Waals surface area contributed by atoms with Crippen molar-refractivity contribution in [2.75, 3.05) is 0 Å². The summed E-state index contributed by atoms with van der Waals surface area (Å²) in [4.78, 5) is 11.5. The highest BCUT2D eigenvalue weighted by atomic mass is 16.2. The summed E-state index contributed by atoms with van der Waals surface area (Å²) in [7, 11) is 0. The van der Waals surface area contributed by atoms with Gasteiger partial charge in [-0.05, 0) is 19.4 Å². The van der Waals surface area contributed by atoms with Gasteiger partial charge in [0.1, 0.15) is 0 Å². The number of azo groups is 1. The van der Waals surface area contributed by atoms with Crippen LogP contribution in [-0.4, -0.2) is 11.4 Å². The van der Waals surface area contributed by atoms with Gasteiger partial charge >= 0.3 is 0 Å². The Morgan fingerprint density at radius 3 is 2.36 bits per heavy atom. The first kappa shape index (κ1) is 9.06. The lowest BCUT2D eigenvalue weighted by Gasteiger charge is -2.21. The van der Waals surface area contributed by atoms with Crippen molar-refractivity contribution in [1.82, 2.24) is 0 Å². The maximum atomic E-state index is 11.5. The predicted octanol–water partition coefficient (Wildman–Crippen LogP) is 2.54. The molecular formula is C11H12N2O. The molecule has 1 aliphatic rings. The van der Waals surface area contributed by atoms with Crippen LogP contribution in [0.5, 0.6) is 0 Å². The topological polar surface area (TPSA) is 41.8 Å². The van der Waals surface area contributed by atoms with Crippen molar-refractivity contribution in [3.63, 3.8) is 0 Å². The Labute approximate surface area is 82.9 Å². The number of nitrogens with zero attached hydrogens (tertiary/aromatic N) is 2. The Balaban J connectivity index is 2.41. The molecule has 1 amide bonds. The first-order valence-corrected chi connectivity index (χ1v) is 4.63. The molecule has 1 aliphatic heterocycles. The van der Waals surface area contributed by atoms with Crippen LogP contribution < -0.4 is 0 Å². The van der Waals surface area contributed by atoms with Crippen LogP contribution in [0.2, 0.25) is 0 Å². The lowest BCUT2D eigenvalue weighted by atomic mass is 9.83. The standard InChI is InChI=1S/C11H12N2O/c1-11(2)9(10(14)12-13-11)8-6-4-3-5-7-8/h3-7,9H,1-2H3. The Morgan fingerprint density at radius 2 is 1.86 bits per heavy atom. The molecule has 0 aliphatic carbocycles. The van der Waals surface area contributed by atoms with E-state index in [1.807, 2.05) is 44.2 Å². The zero-order chi connectivity index (χ0) is 10.2. The largest absolute Gasteiger partial charge is 0.274 e. The van der Waals surface area contributed by atoms with Gasteiger partial charge in [-0.1, -0.05) is 30.3 Å². The van der Waals surface area contributed by atoms with Crippen LogP contribution in [-0.2, 0) is 4.79 Å². The minimum absolute atomic E-state index is 0.138. The molecule has 72 valence electrons. The molecule has 0 fully saturated rings. The molecule has 1 atom stereocenters. The minimum Gasteiger partial charge on any atom is -0.270 e. The highest BCUT2D eigenvalue weighted by Gasteiger charge is 2.41. The average molecular weight is 188 g/mol. The van der Waals surface area contributed by atoms with E-state index in [0.29, 0.717) is 0 Å². The lowest BCUT2D eigenvalue weighted by Crippen LogP contribution is -2.26. The molecule has 0 saturated heterocycles. The zero-order valence-corrected chi connectivity index (χ0v) is 8.27. The molecule has 3 heteroatoms. The molecule has 0 aromatic heterocycles. The van der Waals surface area contributed by atoms with Gasteiger partial charge in [0.2, 0.25) is 0 Å². The second kappa shape index (κ2) is 3.01. The van der Waals surface area contributed by atoms with E-state index in [9.17, 15) is 4.79 Å². The smallest absolute Gasteiger partial charge is 0.270 e. The number of amides is 1. The molecule has 1 heterocycles. The lowest BCUT2D eigenvalue weighted by molar-refractivity contribution is -0.119. The van der Waals surface area contributed by atoms with Gasteiger partial charge in [-0.15, -0.1) is 5.11 Å². The van der Waals surface area contributed by atoms with Gasteiger partial charge in [0.15, 0.2) is 0 Å². The summed E-state index contributed by atoms with van der Waals surface area (Å²) in [5.74, 6) is -0.357. The zero-order valence-electron chi connectivity index (χ0n) is 8.27. The molecule has 1 aromatic carbocycles. The van der Waals surface area contributed by atoms with E-state index in [2.05, 4.69) is 10.2 Å². The molecule has 0 spiro atoms. The van der Waals surface area contributed by atoms with E-state index >= 15 is 0 Å². The van der Waals surface area contributed by atoms with E-state index < -0.39 is 5.54 Å². The second-order valence-electron chi connectivity index (χ2n) is 4.04. The van der Waals surface area contributed by atoms with Crippen molar-refractivity contribution < 1.29 is 4.79 Å². The molecule has 14 heavy (non-hydrogen) atoms. The maximum Gasteiger partial charge on any atom is 0.274 e. The SMILES string of the molecule is CC1(C)N=NC(=O)C1c1ccccc1.